The zero-order valence-electron chi connectivity index (χ0n) is 22.1. The molecule has 2 aliphatic rings. The van der Waals surface area contributed by atoms with Crippen LogP contribution in [0.3, 0.4) is 0 Å². The third-order valence-electron chi connectivity index (χ3n) is 7.37. The van der Waals surface area contributed by atoms with Crippen LogP contribution in [0, 0.1) is 6.92 Å². The second-order valence-electron chi connectivity index (χ2n) is 9.88. The summed E-state index contributed by atoms with van der Waals surface area (Å²) in [6, 6.07) is 15.0. The van der Waals surface area contributed by atoms with Crippen molar-refractivity contribution < 1.29 is 27.2 Å². The fourth-order valence-corrected chi connectivity index (χ4v) is 6.23. The van der Waals surface area contributed by atoms with Gasteiger partial charge in [0.25, 0.3) is 5.91 Å². The quantitative estimate of drug-likeness (QED) is 0.311. The molecule has 2 aromatic heterocycles. The Balaban J connectivity index is 1.56. The van der Waals surface area contributed by atoms with Crippen LogP contribution in [-0.4, -0.2) is 39.5 Å². The number of benzene rings is 2. The number of ether oxygens (including phenoxy) is 1. The maximum atomic E-state index is 14.1. The van der Waals surface area contributed by atoms with Crippen LogP contribution in [0.2, 0.25) is 0 Å². The molecular weight excluding hydrogens is 557 g/mol. The van der Waals surface area contributed by atoms with Crippen LogP contribution in [0.5, 0.6) is 5.75 Å². The predicted octanol–water partition coefficient (Wildman–Crippen LogP) is 5.42. The Morgan fingerprint density at radius 2 is 1.83 bits per heavy atom. The molecule has 212 valence electrons. The second-order valence-corrected chi connectivity index (χ2v) is 10.9. The van der Waals surface area contributed by atoms with Crippen molar-refractivity contribution in [2.45, 2.75) is 49.4 Å². The number of aryl methyl sites for hydroxylation is 1. The Labute approximate surface area is 237 Å². The van der Waals surface area contributed by atoms with E-state index in [1.807, 2.05) is 30.3 Å². The van der Waals surface area contributed by atoms with Gasteiger partial charge in [-0.05, 0) is 31.0 Å². The van der Waals surface area contributed by atoms with Crippen molar-refractivity contribution in [2.24, 2.45) is 0 Å². The first-order valence-corrected chi connectivity index (χ1v) is 13.9. The van der Waals surface area contributed by atoms with Crippen LogP contribution in [0.4, 0.5) is 13.2 Å². The van der Waals surface area contributed by atoms with Gasteiger partial charge in [0, 0.05) is 22.7 Å². The average Bonchev–Trinajstić information content (AvgIpc) is 3.23. The number of amides is 1. The number of hydrogen-bond acceptors (Lipinski definition) is 7. The normalized spacial score (nSPS) is 17.4. The zero-order chi connectivity index (χ0) is 28.9. The number of fused-ring (bicyclic) bond motifs is 3. The van der Waals surface area contributed by atoms with Crippen molar-refractivity contribution in [2.75, 3.05) is 11.7 Å². The van der Waals surface area contributed by atoms with Crippen LogP contribution in [0.15, 0.2) is 81.1 Å². The SMILES string of the molecule is Cc1noc2c1[C@H](N1CN([C@H](C)C(F)(F)F)C(=O)c3c(OCc4ccccc4)c(=O)ccn31)c1ccccc1SC2. The third kappa shape index (κ3) is 4.75. The molecule has 0 fully saturated rings. The average molecular weight is 583 g/mol. The van der Waals surface area contributed by atoms with Crippen LogP contribution in [0.25, 0.3) is 0 Å². The lowest BCUT2D eigenvalue weighted by atomic mass is 9.96. The van der Waals surface area contributed by atoms with Crippen molar-refractivity contribution in [3.05, 3.63) is 111 Å². The van der Waals surface area contributed by atoms with E-state index >= 15 is 0 Å². The van der Waals surface area contributed by atoms with Gasteiger partial charge in [-0.3, -0.25) is 19.3 Å². The Morgan fingerprint density at radius 1 is 1.10 bits per heavy atom. The number of carbonyl (C=O) groups excluding carboxylic acids is 1. The molecule has 0 spiro atoms. The highest BCUT2D eigenvalue weighted by molar-refractivity contribution is 7.98. The summed E-state index contributed by atoms with van der Waals surface area (Å²) in [5.74, 6) is -0.208. The van der Waals surface area contributed by atoms with Crippen molar-refractivity contribution in [3.8, 4) is 5.75 Å². The molecule has 2 atom stereocenters. The summed E-state index contributed by atoms with van der Waals surface area (Å²) < 4.78 is 55.3. The number of carbonyl (C=O) groups is 1. The van der Waals surface area contributed by atoms with Crippen molar-refractivity contribution >= 4 is 17.7 Å². The fourth-order valence-electron chi connectivity index (χ4n) is 5.22. The molecule has 6 rings (SSSR count). The van der Waals surface area contributed by atoms with Crippen molar-refractivity contribution in [1.29, 1.82) is 0 Å². The summed E-state index contributed by atoms with van der Waals surface area (Å²) >= 11 is 1.53. The monoisotopic (exact) mass is 582 g/mol. The third-order valence-corrected chi connectivity index (χ3v) is 8.46. The number of hydrogen-bond donors (Lipinski definition) is 0. The lowest BCUT2D eigenvalue weighted by Crippen LogP contribution is -2.60. The minimum Gasteiger partial charge on any atom is -0.482 e. The Kier molecular flexibility index (Phi) is 6.80. The van der Waals surface area contributed by atoms with Gasteiger partial charge in [-0.25, -0.2) is 0 Å². The maximum Gasteiger partial charge on any atom is 0.408 e. The molecule has 0 unspecified atom stereocenters. The summed E-state index contributed by atoms with van der Waals surface area (Å²) in [5, 5.41) is 5.80. The number of alkyl halides is 3. The molecular formula is C29H25F3N4O4S. The van der Waals surface area contributed by atoms with Gasteiger partial charge >= 0.3 is 6.18 Å². The molecule has 0 radical (unpaired) electrons. The van der Waals surface area contributed by atoms with E-state index in [0.29, 0.717) is 22.8 Å². The minimum atomic E-state index is -4.71. The summed E-state index contributed by atoms with van der Waals surface area (Å²) in [5.41, 5.74) is 1.94. The molecule has 41 heavy (non-hydrogen) atoms. The highest BCUT2D eigenvalue weighted by Gasteiger charge is 2.48. The van der Waals surface area contributed by atoms with Gasteiger partial charge in [0.05, 0.1) is 11.4 Å². The van der Waals surface area contributed by atoms with Crippen LogP contribution < -0.4 is 15.2 Å². The van der Waals surface area contributed by atoms with Gasteiger partial charge in [0.1, 0.15) is 25.4 Å². The predicted molar refractivity (Wildman–Crippen MR) is 145 cm³/mol. The molecule has 0 N–H and O–H groups in total. The summed E-state index contributed by atoms with van der Waals surface area (Å²) in [7, 11) is 0. The molecule has 0 aliphatic carbocycles. The van der Waals surface area contributed by atoms with Crippen molar-refractivity contribution in [1.82, 2.24) is 14.7 Å². The van der Waals surface area contributed by atoms with Crippen LogP contribution in [-0.2, 0) is 12.4 Å². The van der Waals surface area contributed by atoms with E-state index in [1.54, 1.807) is 36.2 Å². The van der Waals surface area contributed by atoms with E-state index in [0.717, 1.165) is 27.8 Å². The van der Waals surface area contributed by atoms with Crippen molar-refractivity contribution in [3.63, 3.8) is 0 Å². The van der Waals surface area contributed by atoms with E-state index in [2.05, 4.69) is 5.16 Å². The molecule has 2 aliphatic heterocycles. The van der Waals surface area contributed by atoms with Gasteiger partial charge in [0.15, 0.2) is 17.2 Å². The number of aromatic nitrogens is 2. The summed E-state index contributed by atoms with van der Waals surface area (Å²) in [6.07, 6.45) is -3.30. The van der Waals surface area contributed by atoms with Crippen LogP contribution in [0.1, 0.15) is 51.6 Å². The zero-order valence-corrected chi connectivity index (χ0v) is 22.9. The van der Waals surface area contributed by atoms with E-state index in [-0.39, 0.29) is 18.1 Å². The number of rotatable bonds is 5. The minimum absolute atomic E-state index is 0.0486. The maximum absolute atomic E-state index is 14.1. The highest BCUT2D eigenvalue weighted by atomic mass is 32.2. The summed E-state index contributed by atoms with van der Waals surface area (Å²) in [6.45, 7) is 2.25. The second kappa shape index (κ2) is 10.3. The largest absolute Gasteiger partial charge is 0.482 e. The lowest BCUT2D eigenvalue weighted by molar-refractivity contribution is -0.173. The topological polar surface area (TPSA) is 80.8 Å². The van der Waals surface area contributed by atoms with E-state index in [1.165, 1.54) is 28.7 Å². The Hall–Kier alpha value is -4.19. The van der Waals surface area contributed by atoms with E-state index in [4.69, 9.17) is 9.26 Å². The summed E-state index contributed by atoms with van der Waals surface area (Å²) in [4.78, 5) is 28.6. The van der Waals surface area contributed by atoms with Gasteiger partial charge in [0.2, 0.25) is 5.43 Å². The molecule has 4 heterocycles. The number of pyridine rings is 1. The Bertz CT molecular complexity index is 1670. The van der Waals surface area contributed by atoms with Crippen LogP contribution >= 0.6 is 11.8 Å². The first kappa shape index (κ1) is 27.0. The molecule has 2 aromatic carbocycles. The van der Waals surface area contributed by atoms with E-state index < -0.39 is 36.3 Å². The molecule has 8 nitrogen and oxygen atoms in total. The first-order valence-electron chi connectivity index (χ1n) is 12.9. The number of halogens is 3. The molecule has 4 aromatic rings. The van der Waals surface area contributed by atoms with E-state index in [9.17, 15) is 22.8 Å². The lowest BCUT2D eigenvalue weighted by Gasteiger charge is -2.45. The van der Waals surface area contributed by atoms with Gasteiger partial charge in [-0.2, -0.15) is 13.2 Å². The standard InChI is InChI=1S/C29H25F3N4O4S/c1-17-24-22(40-33-17)15-41-23-11-7-6-10-20(23)25(24)36-16-34(18(2)29(30,31)32)28(38)26-27(21(37)12-13-35(26)36)39-14-19-8-4-3-5-9-19/h3-13,18,25H,14-16H2,1-2H3/t18-,25-/m1/s1. The van der Waals surface area contributed by atoms with Gasteiger partial charge in [-0.1, -0.05) is 53.7 Å². The Morgan fingerprint density at radius 3 is 2.59 bits per heavy atom. The number of thioether (sulfide) groups is 1. The number of nitrogens with zero attached hydrogens (tertiary/aromatic N) is 4. The fraction of sp³-hybridized carbons (Fsp3) is 0.276. The molecule has 12 heteroatoms. The highest BCUT2D eigenvalue weighted by Crippen LogP contribution is 2.44. The molecule has 0 bridgehead atoms. The van der Waals surface area contributed by atoms with Gasteiger partial charge < -0.3 is 14.2 Å². The molecule has 1 amide bonds. The molecule has 0 saturated carbocycles. The van der Waals surface area contributed by atoms with Gasteiger partial charge in [-0.15, -0.1) is 11.8 Å². The first-order chi connectivity index (χ1) is 19.6. The molecule has 0 saturated heterocycles. The smallest absolute Gasteiger partial charge is 0.408 e.